The van der Waals surface area contributed by atoms with Gasteiger partial charge in [-0.05, 0) is 41.3 Å². The minimum absolute atomic E-state index is 0.976. The van der Waals surface area contributed by atoms with Crippen molar-refractivity contribution in [1.29, 1.82) is 0 Å². The molecule has 1 aliphatic rings. The number of aromatic nitrogens is 4. The summed E-state index contributed by atoms with van der Waals surface area (Å²) in [5, 5.41) is 6.12. The van der Waals surface area contributed by atoms with Crippen molar-refractivity contribution >= 4 is 49.8 Å². The second-order valence-electron chi connectivity index (χ2n) is 9.02. The lowest BCUT2D eigenvalue weighted by atomic mass is 9.95. The fourth-order valence-electron chi connectivity index (χ4n) is 5.82. The van der Waals surface area contributed by atoms with Crippen LogP contribution in [-0.4, -0.2) is 18.8 Å². The lowest BCUT2D eigenvalue weighted by molar-refractivity contribution is 0.963. The first-order chi connectivity index (χ1) is 16.9. The molecule has 4 heteroatoms. The molecule has 0 spiro atoms. The fourth-order valence-corrected chi connectivity index (χ4v) is 5.82. The predicted molar refractivity (Wildman–Crippen MR) is 139 cm³/mol. The summed E-state index contributed by atoms with van der Waals surface area (Å²) < 4.78 is 4.63. The monoisotopic (exact) mass is 436 g/mol. The quantitative estimate of drug-likeness (QED) is 0.258. The molecule has 0 atom stereocenters. The Hall–Kier alpha value is -4.44. The van der Waals surface area contributed by atoms with E-state index < -0.39 is 0 Å². The molecule has 160 valence electrons. The highest BCUT2D eigenvalue weighted by Crippen LogP contribution is 2.37. The van der Waals surface area contributed by atoms with Crippen LogP contribution in [0.2, 0.25) is 0 Å². The van der Waals surface area contributed by atoms with E-state index in [0.29, 0.717) is 0 Å². The van der Waals surface area contributed by atoms with Gasteiger partial charge in [0.05, 0.1) is 35.0 Å². The smallest absolute Gasteiger partial charge is 0.145 e. The molecule has 0 fully saturated rings. The van der Waals surface area contributed by atoms with Gasteiger partial charge in [-0.2, -0.15) is 0 Å². The molecule has 4 nitrogen and oxygen atoms in total. The van der Waals surface area contributed by atoms with Crippen LogP contribution >= 0.6 is 0 Å². The minimum atomic E-state index is 0.976. The standard InChI is InChI=1S/C30H20N4/c1-3-13-23-19(9-1)21-11-5-7-15-25(21)33-27(17-31-29(23)33)28-18-32-30-24-14-4-2-10-20(24)22-12-6-8-16-26(22)34(28)30/h1-5,7-11,13-18H,6,12H2. The summed E-state index contributed by atoms with van der Waals surface area (Å²) in [6.07, 6.45) is 10.7. The molecule has 0 unspecified atom stereocenters. The van der Waals surface area contributed by atoms with Crippen LogP contribution in [0.15, 0.2) is 91.3 Å². The van der Waals surface area contributed by atoms with E-state index in [9.17, 15) is 0 Å². The number of para-hydroxylation sites is 1. The molecule has 7 aromatic rings. The van der Waals surface area contributed by atoms with Crippen molar-refractivity contribution in [3.8, 4) is 11.4 Å². The van der Waals surface area contributed by atoms with E-state index in [4.69, 9.17) is 9.97 Å². The van der Waals surface area contributed by atoms with Gasteiger partial charge in [0.2, 0.25) is 0 Å². The Morgan fingerprint density at radius 1 is 0.588 bits per heavy atom. The van der Waals surface area contributed by atoms with Crippen LogP contribution < -0.4 is 0 Å². The third kappa shape index (κ3) is 2.22. The molecule has 0 aliphatic heterocycles. The highest BCUT2D eigenvalue weighted by atomic mass is 15.1. The third-order valence-electron chi connectivity index (χ3n) is 7.27. The Bertz CT molecular complexity index is 1970. The average molecular weight is 437 g/mol. The topological polar surface area (TPSA) is 34.6 Å². The van der Waals surface area contributed by atoms with Crippen molar-refractivity contribution in [2.24, 2.45) is 0 Å². The zero-order chi connectivity index (χ0) is 22.2. The van der Waals surface area contributed by atoms with Gasteiger partial charge in [-0.25, -0.2) is 9.97 Å². The van der Waals surface area contributed by atoms with Gasteiger partial charge in [0.15, 0.2) is 0 Å². The van der Waals surface area contributed by atoms with Gasteiger partial charge in [-0.15, -0.1) is 0 Å². The molecule has 0 saturated heterocycles. The Morgan fingerprint density at radius 2 is 1.18 bits per heavy atom. The number of aryl methyl sites for hydroxylation is 1. The van der Waals surface area contributed by atoms with E-state index >= 15 is 0 Å². The van der Waals surface area contributed by atoms with Crippen molar-refractivity contribution in [3.63, 3.8) is 0 Å². The van der Waals surface area contributed by atoms with Crippen LogP contribution in [0.3, 0.4) is 0 Å². The van der Waals surface area contributed by atoms with Gasteiger partial charge in [0, 0.05) is 16.2 Å². The van der Waals surface area contributed by atoms with E-state index in [1.807, 2.05) is 12.4 Å². The van der Waals surface area contributed by atoms with E-state index in [1.54, 1.807) is 0 Å². The molecule has 0 radical (unpaired) electrons. The fraction of sp³-hybridized carbons (Fsp3) is 0.0667. The molecule has 1 aliphatic carbocycles. The summed E-state index contributed by atoms with van der Waals surface area (Å²) in [5.74, 6) is 0. The Morgan fingerprint density at radius 3 is 1.97 bits per heavy atom. The highest BCUT2D eigenvalue weighted by molar-refractivity contribution is 6.12. The number of hydrogen-bond acceptors (Lipinski definition) is 2. The van der Waals surface area contributed by atoms with E-state index in [2.05, 4.69) is 93.7 Å². The van der Waals surface area contributed by atoms with Gasteiger partial charge >= 0.3 is 0 Å². The summed E-state index contributed by atoms with van der Waals surface area (Å²) in [6.45, 7) is 0. The summed E-state index contributed by atoms with van der Waals surface area (Å²) in [6, 6.07) is 25.8. The molecule has 8 rings (SSSR count). The SMILES string of the molecule is C1=Cc2c(c3ccccc3c3ncc(-c4cnc5c6ccccc6c6ccccc6n45)n23)CC1. The summed E-state index contributed by atoms with van der Waals surface area (Å²) in [4.78, 5) is 9.89. The molecule has 0 N–H and O–H groups in total. The van der Waals surface area contributed by atoms with Crippen molar-refractivity contribution in [1.82, 2.24) is 18.8 Å². The van der Waals surface area contributed by atoms with Gasteiger partial charge in [0.1, 0.15) is 11.3 Å². The first-order valence-corrected chi connectivity index (χ1v) is 11.7. The average Bonchev–Trinajstić information content (AvgIpc) is 3.54. The molecule has 34 heavy (non-hydrogen) atoms. The summed E-state index contributed by atoms with van der Waals surface area (Å²) in [7, 11) is 0. The zero-order valence-electron chi connectivity index (χ0n) is 18.4. The maximum Gasteiger partial charge on any atom is 0.145 e. The van der Waals surface area contributed by atoms with Crippen LogP contribution in [-0.2, 0) is 6.42 Å². The molecule has 4 heterocycles. The highest BCUT2D eigenvalue weighted by Gasteiger charge is 2.21. The molecule has 3 aromatic carbocycles. The maximum absolute atomic E-state index is 4.95. The third-order valence-corrected chi connectivity index (χ3v) is 7.27. The largest absolute Gasteiger partial charge is 0.290 e. The van der Waals surface area contributed by atoms with Gasteiger partial charge in [-0.1, -0.05) is 72.8 Å². The second kappa shape index (κ2) is 6.55. The predicted octanol–water partition coefficient (Wildman–Crippen LogP) is 7.07. The lowest BCUT2D eigenvalue weighted by Crippen LogP contribution is -2.05. The van der Waals surface area contributed by atoms with E-state index in [0.717, 1.165) is 46.4 Å². The van der Waals surface area contributed by atoms with Crippen LogP contribution in [0, 0.1) is 0 Å². The Kier molecular flexibility index (Phi) is 3.47. The van der Waals surface area contributed by atoms with Crippen LogP contribution in [0.25, 0.3) is 61.2 Å². The van der Waals surface area contributed by atoms with Gasteiger partial charge in [0.25, 0.3) is 0 Å². The van der Waals surface area contributed by atoms with Crippen LogP contribution in [0.1, 0.15) is 17.7 Å². The molecule has 0 bridgehead atoms. The van der Waals surface area contributed by atoms with Crippen molar-refractivity contribution in [3.05, 3.63) is 103 Å². The van der Waals surface area contributed by atoms with Crippen molar-refractivity contribution < 1.29 is 0 Å². The van der Waals surface area contributed by atoms with Crippen LogP contribution in [0.4, 0.5) is 0 Å². The van der Waals surface area contributed by atoms with Crippen LogP contribution in [0.5, 0.6) is 0 Å². The van der Waals surface area contributed by atoms with E-state index in [1.165, 1.54) is 32.8 Å². The number of nitrogens with zero attached hydrogens (tertiary/aromatic N) is 4. The normalized spacial score (nSPS) is 13.5. The Labute approximate surface area is 195 Å². The molecule has 4 aromatic heterocycles. The number of fused-ring (bicyclic) bond motifs is 12. The van der Waals surface area contributed by atoms with Crippen molar-refractivity contribution in [2.45, 2.75) is 12.8 Å². The van der Waals surface area contributed by atoms with E-state index in [-0.39, 0.29) is 0 Å². The number of allylic oxidation sites excluding steroid dienone is 1. The number of rotatable bonds is 1. The summed E-state index contributed by atoms with van der Waals surface area (Å²) >= 11 is 0. The van der Waals surface area contributed by atoms with Gasteiger partial charge < -0.3 is 0 Å². The number of imidazole rings is 2. The molecule has 0 saturated carbocycles. The summed E-state index contributed by atoms with van der Waals surface area (Å²) in [5.41, 5.74) is 7.88. The first-order valence-electron chi connectivity index (χ1n) is 11.7. The first kappa shape index (κ1) is 18.0. The molecular formula is C30H20N4. The lowest BCUT2D eigenvalue weighted by Gasteiger charge is -2.18. The molecule has 0 amide bonds. The number of benzene rings is 3. The number of pyridine rings is 2. The number of hydrogen-bond donors (Lipinski definition) is 0. The Balaban J connectivity index is 1.57. The maximum atomic E-state index is 4.95. The van der Waals surface area contributed by atoms with Crippen molar-refractivity contribution in [2.75, 3.05) is 0 Å². The minimum Gasteiger partial charge on any atom is -0.290 e. The van der Waals surface area contributed by atoms with Gasteiger partial charge in [-0.3, -0.25) is 8.80 Å². The molecular weight excluding hydrogens is 416 g/mol. The second-order valence-corrected chi connectivity index (χ2v) is 9.02. The zero-order valence-corrected chi connectivity index (χ0v) is 18.4.